The first-order valence-corrected chi connectivity index (χ1v) is 6.51. The number of nitrogens with two attached hydrogens (primary N) is 1. The highest BCUT2D eigenvalue weighted by Crippen LogP contribution is 2.27. The predicted molar refractivity (Wildman–Crippen MR) is 82.1 cm³/mol. The van der Waals surface area contributed by atoms with Crippen molar-refractivity contribution in [1.29, 1.82) is 5.26 Å². The maximum atomic E-state index is 11.9. The molecule has 0 amide bonds. The summed E-state index contributed by atoms with van der Waals surface area (Å²) in [6.45, 7) is 1.70. The summed E-state index contributed by atoms with van der Waals surface area (Å²) in [5, 5.41) is 14.1. The largest absolute Gasteiger partial charge is 0.497 e. The number of aromatic nitrogens is 3. The van der Waals surface area contributed by atoms with E-state index in [9.17, 15) is 4.79 Å². The summed E-state index contributed by atoms with van der Waals surface area (Å²) in [4.78, 5) is 14.6. The molecule has 0 fully saturated rings. The molecule has 0 aliphatic carbocycles. The zero-order valence-electron chi connectivity index (χ0n) is 12.0. The van der Waals surface area contributed by atoms with Gasteiger partial charge in [-0.05, 0) is 25.1 Å². The van der Waals surface area contributed by atoms with Crippen molar-refractivity contribution < 1.29 is 4.74 Å². The lowest BCUT2D eigenvalue weighted by Crippen LogP contribution is -2.11. The number of nitriles is 1. The average molecular weight is 295 g/mol. The molecule has 3 rings (SSSR count). The summed E-state index contributed by atoms with van der Waals surface area (Å²) in [7, 11) is 1.56. The van der Waals surface area contributed by atoms with Crippen LogP contribution in [0.2, 0.25) is 0 Å². The zero-order chi connectivity index (χ0) is 15.9. The quantitative estimate of drug-likeness (QED) is 0.744. The summed E-state index contributed by atoms with van der Waals surface area (Å²) in [5.74, 6) is 0.846. The number of pyridine rings is 1. The molecule has 3 N–H and O–H groups in total. The van der Waals surface area contributed by atoms with Gasteiger partial charge in [0.15, 0.2) is 0 Å². The number of ether oxygens (including phenoxy) is 1. The van der Waals surface area contributed by atoms with Crippen molar-refractivity contribution in [1.82, 2.24) is 14.8 Å². The molecule has 0 bridgehead atoms. The Morgan fingerprint density at radius 3 is 2.82 bits per heavy atom. The third kappa shape index (κ3) is 1.98. The second-order valence-corrected chi connectivity index (χ2v) is 4.80. The number of fused-ring (bicyclic) bond motifs is 1. The highest BCUT2D eigenvalue weighted by atomic mass is 16.5. The Hall–Kier alpha value is -3.27. The van der Waals surface area contributed by atoms with Gasteiger partial charge in [0, 0.05) is 11.5 Å². The fourth-order valence-electron chi connectivity index (χ4n) is 2.38. The molecule has 0 spiro atoms. The van der Waals surface area contributed by atoms with Crippen molar-refractivity contribution in [3.8, 4) is 17.5 Å². The minimum atomic E-state index is -0.279. The number of aryl methyl sites for hydroxylation is 1. The Kier molecular flexibility index (Phi) is 3.07. The topological polar surface area (TPSA) is 110 Å². The van der Waals surface area contributed by atoms with Crippen LogP contribution in [0.4, 0.5) is 5.82 Å². The van der Waals surface area contributed by atoms with Gasteiger partial charge in [-0.2, -0.15) is 10.4 Å². The average Bonchev–Trinajstić information content (AvgIpc) is 2.80. The fraction of sp³-hybridized carbons (Fsp3) is 0.133. The van der Waals surface area contributed by atoms with Gasteiger partial charge >= 0.3 is 0 Å². The Labute approximate surface area is 125 Å². The number of nitrogen functional groups attached to an aromatic ring is 1. The van der Waals surface area contributed by atoms with Crippen LogP contribution in [0.1, 0.15) is 11.3 Å². The standard InChI is InChI=1S/C15H13N5O2/c1-8-11(7-16)15(17)20(19-8)13-6-14(21)18-12-4-3-9(22-2)5-10(12)13/h3-6H,17H2,1-2H3,(H,18,21). The number of nitrogens with one attached hydrogen (secondary N) is 1. The van der Waals surface area contributed by atoms with Gasteiger partial charge in [-0.15, -0.1) is 0 Å². The molecule has 3 aromatic rings. The van der Waals surface area contributed by atoms with Crippen LogP contribution in [0.5, 0.6) is 5.75 Å². The number of nitrogens with zero attached hydrogens (tertiary/aromatic N) is 3. The highest BCUT2D eigenvalue weighted by molar-refractivity contribution is 5.88. The molecule has 1 aromatic carbocycles. The summed E-state index contributed by atoms with van der Waals surface area (Å²) in [5.41, 5.74) is 7.66. The molecule has 110 valence electrons. The number of H-pyrrole nitrogens is 1. The molecule has 2 aromatic heterocycles. The molecular formula is C15H13N5O2. The molecule has 0 unspecified atom stereocenters. The van der Waals surface area contributed by atoms with Crippen molar-refractivity contribution in [3.05, 3.63) is 45.9 Å². The molecule has 0 saturated heterocycles. The van der Waals surface area contributed by atoms with Crippen LogP contribution in [0.25, 0.3) is 16.6 Å². The predicted octanol–water partition coefficient (Wildman–Crippen LogP) is 1.48. The summed E-state index contributed by atoms with van der Waals surface area (Å²) in [6, 6.07) is 8.69. The SMILES string of the molecule is COc1ccc2[nH]c(=O)cc(-n3nc(C)c(C#N)c3N)c2c1. The first kappa shape index (κ1) is 13.7. The molecular weight excluding hydrogens is 282 g/mol. The Morgan fingerprint density at radius 2 is 2.18 bits per heavy atom. The molecule has 2 heterocycles. The summed E-state index contributed by atoms with van der Waals surface area (Å²) < 4.78 is 6.63. The first-order valence-electron chi connectivity index (χ1n) is 6.51. The number of anilines is 1. The summed E-state index contributed by atoms with van der Waals surface area (Å²) in [6.07, 6.45) is 0. The minimum Gasteiger partial charge on any atom is -0.497 e. The fourth-order valence-corrected chi connectivity index (χ4v) is 2.38. The van der Waals surface area contributed by atoms with Crippen LogP contribution in [-0.2, 0) is 0 Å². The highest BCUT2D eigenvalue weighted by Gasteiger charge is 2.16. The number of aromatic amines is 1. The Balaban J connectivity index is 2.40. The van der Waals surface area contributed by atoms with Crippen LogP contribution >= 0.6 is 0 Å². The van der Waals surface area contributed by atoms with Crippen molar-refractivity contribution in [2.24, 2.45) is 0 Å². The van der Waals surface area contributed by atoms with Crippen LogP contribution in [0, 0.1) is 18.3 Å². The monoisotopic (exact) mass is 295 g/mol. The normalized spacial score (nSPS) is 10.6. The Bertz CT molecular complexity index is 978. The van der Waals surface area contributed by atoms with Gasteiger partial charge < -0.3 is 15.5 Å². The van der Waals surface area contributed by atoms with Crippen molar-refractivity contribution >= 4 is 16.7 Å². The van der Waals surface area contributed by atoms with E-state index < -0.39 is 0 Å². The van der Waals surface area contributed by atoms with E-state index in [0.29, 0.717) is 28.2 Å². The molecule has 7 heteroatoms. The van der Waals surface area contributed by atoms with Gasteiger partial charge in [0.2, 0.25) is 0 Å². The molecule has 22 heavy (non-hydrogen) atoms. The molecule has 0 aliphatic rings. The van der Waals surface area contributed by atoms with E-state index in [1.165, 1.54) is 10.7 Å². The van der Waals surface area contributed by atoms with Crippen LogP contribution in [0.3, 0.4) is 0 Å². The third-order valence-electron chi connectivity index (χ3n) is 3.46. The van der Waals surface area contributed by atoms with E-state index in [1.54, 1.807) is 32.2 Å². The van der Waals surface area contributed by atoms with E-state index in [2.05, 4.69) is 10.1 Å². The number of benzene rings is 1. The van der Waals surface area contributed by atoms with Crippen LogP contribution < -0.4 is 16.0 Å². The number of methoxy groups -OCH3 is 1. The number of hydrogen-bond donors (Lipinski definition) is 2. The van der Waals surface area contributed by atoms with Crippen molar-refractivity contribution in [2.45, 2.75) is 6.92 Å². The maximum Gasteiger partial charge on any atom is 0.250 e. The lowest BCUT2D eigenvalue weighted by atomic mass is 10.1. The smallest absolute Gasteiger partial charge is 0.250 e. The van der Waals surface area contributed by atoms with Crippen molar-refractivity contribution in [2.75, 3.05) is 12.8 Å². The van der Waals surface area contributed by atoms with Crippen LogP contribution in [-0.4, -0.2) is 21.9 Å². The van der Waals surface area contributed by atoms with Gasteiger partial charge in [0.05, 0.1) is 24.0 Å². The van der Waals surface area contributed by atoms with E-state index in [-0.39, 0.29) is 11.4 Å². The maximum absolute atomic E-state index is 11.9. The number of hydrogen-bond acceptors (Lipinski definition) is 5. The minimum absolute atomic E-state index is 0.203. The lowest BCUT2D eigenvalue weighted by Gasteiger charge is -2.09. The van der Waals surface area contributed by atoms with Gasteiger partial charge in [-0.25, -0.2) is 4.68 Å². The molecule has 7 nitrogen and oxygen atoms in total. The van der Waals surface area contributed by atoms with Gasteiger partial charge in [0.25, 0.3) is 5.56 Å². The van der Waals surface area contributed by atoms with E-state index in [1.807, 2.05) is 6.07 Å². The molecule has 0 aliphatic heterocycles. The number of rotatable bonds is 2. The molecule has 0 saturated carbocycles. The van der Waals surface area contributed by atoms with E-state index >= 15 is 0 Å². The second-order valence-electron chi connectivity index (χ2n) is 4.80. The lowest BCUT2D eigenvalue weighted by molar-refractivity contribution is 0.415. The van der Waals surface area contributed by atoms with Crippen molar-refractivity contribution in [3.63, 3.8) is 0 Å². The summed E-state index contributed by atoms with van der Waals surface area (Å²) >= 11 is 0. The van der Waals surface area contributed by atoms with E-state index in [0.717, 1.165) is 5.39 Å². The molecule has 0 atom stereocenters. The van der Waals surface area contributed by atoms with Gasteiger partial charge in [0.1, 0.15) is 23.2 Å². The third-order valence-corrected chi connectivity index (χ3v) is 3.46. The van der Waals surface area contributed by atoms with E-state index in [4.69, 9.17) is 15.7 Å². The van der Waals surface area contributed by atoms with Gasteiger partial charge in [-0.1, -0.05) is 0 Å². The molecule has 0 radical (unpaired) electrons. The van der Waals surface area contributed by atoms with Gasteiger partial charge in [-0.3, -0.25) is 4.79 Å². The van der Waals surface area contributed by atoms with Crippen LogP contribution in [0.15, 0.2) is 29.1 Å². The zero-order valence-corrected chi connectivity index (χ0v) is 12.0. The first-order chi connectivity index (χ1) is 10.5. The Morgan fingerprint density at radius 1 is 1.41 bits per heavy atom. The second kappa shape index (κ2) is 4.93.